The van der Waals surface area contributed by atoms with Crippen LogP contribution in [0.1, 0.15) is 56.5 Å². The Balaban J connectivity index is 1.73. The quantitative estimate of drug-likeness (QED) is 0.332. The van der Waals surface area contributed by atoms with Crippen LogP contribution in [0.5, 0.6) is 5.75 Å². The average Bonchev–Trinajstić information content (AvgIpc) is 3.12. The van der Waals surface area contributed by atoms with E-state index in [-0.39, 0.29) is 23.9 Å². The molecule has 0 radical (unpaired) electrons. The summed E-state index contributed by atoms with van der Waals surface area (Å²) in [6.45, 7) is 3.56. The molecule has 4 nitrogen and oxygen atoms in total. The van der Waals surface area contributed by atoms with Gasteiger partial charge in [0.1, 0.15) is 23.1 Å². The number of ether oxygens (including phenoxy) is 1. The number of aliphatic hydroxyl groups excluding tert-OH is 1. The Morgan fingerprint density at radius 3 is 2.39 bits per heavy atom. The third-order valence-corrected chi connectivity index (χ3v) is 6.62. The summed E-state index contributed by atoms with van der Waals surface area (Å²) in [5.41, 5.74) is 0.489. The van der Waals surface area contributed by atoms with E-state index >= 15 is 8.78 Å². The number of H-pyrrole nitrogens is 1. The fraction of sp³-hybridized carbons (Fsp3) is 0.481. The molecule has 196 valence electrons. The number of aromatic nitrogens is 1. The maximum atomic E-state index is 15.5. The van der Waals surface area contributed by atoms with Crippen LogP contribution in [0.4, 0.5) is 22.0 Å². The first-order chi connectivity index (χ1) is 16.9. The first kappa shape index (κ1) is 26.4. The van der Waals surface area contributed by atoms with Crippen molar-refractivity contribution in [3.63, 3.8) is 0 Å². The maximum Gasteiger partial charge on any atom is 0.253 e. The Labute approximate surface area is 207 Å². The molecule has 1 aliphatic rings. The van der Waals surface area contributed by atoms with E-state index in [1.807, 2.05) is 31.2 Å². The van der Waals surface area contributed by atoms with Crippen molar-refractivity contribution in [1.29, 1.82) is 0 Å². The fourth-order valence-corrected chi connectivity index (χ4v) is 5.01. The van der Waals surface area contributed by atoms with Gasteiger partial charge in [-0.1, -0.05) is 18.2 Å². The zero-order chi connectivity index (χ0) is 26.3. The highest BCUT2D eigenvalue weighted by Crippen LogP contribution is 2.43. The summed E-state index contributed by atoms with van der Waals surface area (Å²) in [6, 6.07) is 8.40. The van der Waals surface area contributed by atoms with Gasteiger partial charge in [0.05, 0.1) is 12.6 Å². The van der Waals surface area contributed by atoms with Gasteiger partial charge in [-0.25, -0.2) is 22.0 Å². The van der Waals surface area contributed by atoms with Gasteiger partial charge in [0.25, 0.3) is 5.92 Å². The molecule has 0 amide bonds. The van der Waals surface area contributed by atoms with Crippen LogP contribution in [-0.4, -0.2) is 52.4 Å². The summed E-state index contributed by atoms with van der Waals surface area (Å²) in [5, 5.41) is 9.67. The number of benzene rings is 2. The molecule has 2 aromatic carbocycles. The van der Waals surface area contributed by atoms with Crippen LogP contribution in [0.3, 0.4) is 0 Å². The summed E-state index contributed by atoms with van der Waals surface area (Å²) in [7, 11) is 0. The summed E-state index contributed by atoms with van der Waals surface area (Å²) in [5.74, 6) is -5.17. The smallest absolute Gasteiger partial charge is 0.253 e. The van der Waals surface area contributed by atoms with Crippen LogP contribution in [0.25, 0.3) is 10.9 Å². The van der Waals surface area contributed by atoms with Gasteiger partial charge in [0.15, 0.2) is 0 Å². The van der Waals surface area contributed by atoms with Crippen molar-refractivity contribution < 1.29 is 31.8 Å². The third kappa shape index (κ3) is 5.52. The normalized spacial score (nSPS) is 19.0. The Hall–Kier alpha value is -2.65. The predicted octanol–water partition coefficient (Wildman–Crippen LogP) is 6.32. The minimum Gasteiger partial charge on any atom is -0.493 e. The highest BCUT2D eigenvalue weighted by Gasteiger charge is 2.41. The number of nitrogens with one attached hydrogen (secondary N) is 1. The Kier molecular flexibility index (Phi) is 7.35. The van der Waals surface area contributed by atoms with Gasteiger partial charge in [-0.15, -0.1) is 0 Å². The van der Waals surface area contributed by atoms with Crippen LogP contribution >= 0.6 is 0 Å². The number of rotatable bonds is 9. The predicted molar refractivity (Wildman–Crippen MR) is 128 cm³/mol. The molecule has 2 atom stereocenters. The molecule has 0 fully saturated rings. The van der Waals surface area contributed by atoms with Crippen LogP contribution in [0, 0.1) is 11.6 Å². The zero-order valence-corrected chi connectivity index (χ0v) is 20.6. The molecule has 1 aromatic heterocycles. The zero-order valence-electron chi connectivity index (χ0n) is 20.6. The summed E-state index contributed by atoms with van der Waals surface area (Å²) in [4.78, 5) is 5.06. The van der Waals surface area contributed by atoms with E-state index in [1.54, 1.807) is 4.90 Å². The van der Waals surface area contributed by atoms with E-state index in [0.29, 0.717) is 12.1 Å². The SMILES string of the molecule is C[C@@H]1Cc2c([nH]c3ccccc23)[C@@H](c2c(F)cc(OCCC(F)(F)CCO)cc2F)N1CC(C)(C)F. The largest absolute Gasteiger partial charge is 0.493 e. The molecule has 0 saturated heterocycles. The lowest BCUT2D eigenvalue weighted by molar-refractivity contribution is -0.0378. The number of aromatic amines is 1. The molecular weight excluding hydrogens is 479 g/mol. The average molecular weight is 511 g/mol. The number of hydrogen-bond acceptors (Lipinski definition) is 3. The minimum atomic E-state index is -3.14. The molecular formula is C27H31F5N2O2. The van der Waals surface area contributed by atoms with Crippen molar-refractivity contribution in [3.8, 4) is 5.75 Å². The second-order valence-corrected chi connectivity index (χ2v) is 10.1. The first-order valence-corrected chi connectivity index (χ1v) is 12.0. The molecule has 9 heteroatoms. The molecule has 2 heterocycles. The van der Waals surface area contributed by atoms with Gasteiger partial charge >= 0.3 is 0 Å². The van der Waals surface area contributed by atoms with Gasteiger partial charge in [0, 0.05) is 66.3 Å². The number of alkyl halides is 3. The molecule has 3 aromatic rings. The molecule has 0 spiro atoms. The van der Waals surface area contributed by atoms with Gasteiger partial charge < -0.3 is 14.8 Å². The van der Waals surface area contributed by atoms with Crippen molar-refractivity contribution in [3.05, 3.63) is 64.9 Å². The number of halogens is 5. The van der Waals surface area contributed by atoms with E-state index in [2.05, 4.69) is 4.98 Å². The van der Waals surface area contributed by atoms with Crippen LogP contribution < -0.4 is 4.74 Å². The summed E-state index contributed by atoms with van der Waals surface area (Å²) >= 11 is 0. The van der Waals surface area contributed by atoms with Crippen molar-refractivity contribution in [2.24, 2.45) is 0 Å². The van der Waals surface area contributed by atoms with Crippen LogP contribution in [0.2, 0.25) is 0 Å². The van der Waals surface area contributed by atoms with E-state index in [0.717, 1.165) is 28.6 Å². The Morgan fingerprint density at radius 2 is 1.75 bits per heavy atom. The number of fused-ring (bicyclic) bond motifs is 3. The molecule has 2 N–H and O–H groups in total. The second-order valence-electron chi connectivity index (χ2n) is 10.1. The van der Waals surface area contributed by atoms with E-state index in [1.165, 1.54) is 13.8 Å². The van der Waals surface area contributed by atoms with Gasteiger partial charge in [-0.3, -0.25) is 4.90 Å². The highest BCUT2D eigenvalue weighted by atomic mass is 19.3. The fourth-order valence-electron chi connectivity index (χ4n) is 5.01. The molecule has 0 aliphatic carbocycles. The molecule has 0 saturated carbocycles. The van der Waals surface area contributed by atoms with Crippen molar-refractivity contribution in [1.82, 2.24) is 9.88 Å². The van der Waals surface area contributed by atoms with Gasteiger partial charge in [-0.2, -0.15) is 0 Å². The van der Waals surface area contributed by atoms with E-state index < -0.39 is 55.3 Å². The number of aliphatic hydroxyl groups is 1. The molecule has 4 rings (SSSR count). The molecule has 36 heavy (non-hydrogen) atoms. The van der Waals surface area contributed by atoms with Crippen molar-refractivity contribution >= 4 is 10.9 Å². The molecule has 1 aliphatic heterocycles. The van der Waals surface area contributed by atoms with E-state index in [9.17, 15) is 13.2 Å². The minimum absolute atomic E-state index is 0.0509. The summed E-state index contributed by atoms with van der Waals surface area (Å²) < 4.78 is 78.3. The number of hydrogen-bond donors (Lipinski definition) is 2. The first-order valence-electron chi connectivity index (χ1n) is 12.0. The Bertz CT molecular complexity index is 1200. The van der Waals surface area contributed by atoms with Crippen LogP contribution in [-0.2, 0) is 6.42 Å². The van der Waals surface area contributed by atoms with Crippen LogP contribution in [0.15, 0.2) is 36.4 Å². The highest BCUT2D eigenvalue weighted by molar-refractivity contribution is 5.85. The number of nitrogens with zero attached hydrogens (tertiary/aromatic N) is 1. The second kappa shape index (κ2) is 10.0. The summed E-state index contributed by atoms with van der Waals surface area (Å²) in [6.07, 6.45) is -0.833. The van der Waals surface area contributed by atoms with Crippen molar-refractivity contribution in [2.75, 3.05) is 19.8 Å². The lowest BCUT2D eigenvalue weighted by atomic mass is 9.87. The van der Waals surface area contributed by atoms with Crippen molar-refractivity contribution in [2.45, 2.75) is 63.7 Å². The topological polar surface area (TPSA) is 48.5 Å². The monoisotopic (exact) mass is 510 g/mol. The maximum absolute atomic E-state index is 15.5. The molecule has 0 unspecified atom stereocenters. The van der Waals surface area contributed by atoms with E-state index in [4.69, 9.17) is 9.84 Å². The third-order valence-electron chi connectivity index (χ3n) is 6.62. The molecule has 0 bridgehead atoms. The van der Waals surface area contributed by atoms with Gasteiger partial charge in [0.2, 0.25) is 0 Å². The van der Waals surface area contributed by atoms with Gasteiger partial charge in [-0.05, 0) is 38.8 Å². The lowest BCUT2D eigenvalue weighted by Gasteiger charge is -2.43. The Morgan fingerprint density at radius 1 is 1.08 bits per heavy atom. The standard InChI is InChI=1S/C27H31F5N2O2/c1-16-12-19-18-6-4-5-7-22(18)33-24(19)25(34(16)15-26(2,3)30)23-20(28)13-17(14-21(23)29)36-11-9-27(31,32)8-10-35/h4-7,13-14,16,25,33,35H,8-12,15H2,1-3H3/t16-,25-/m1/s1. The lowest BCUT2D eigenvalue weighted by Crippen LogP contribution is -2.48. The number of para-hydroxylation sites is 1.